The number of rotatable bonds is 5. The number of hydrogen-bond donors (Lipinski definition) is 1. The van der Waals surface area contributed by atoms with E-state index in [0.717, 1.165) is 16.7 Å². The Morgan fingerprint density at radius 3 is 2.06 bits per heavy atom. The zero-order valence-corrected chi connectivity index (χ0v) is 12.7. The standard InChI is InChI=1S/C14H23NO2S/c1-6-18(16,17)9-13(15-5)14-11(3)7-10(2)8-12(14)4/h7-8,13,15H,6,9H2,1-5H3. The molecule has 1 unspecified atom stereocenters. The van der Waals surface area contributed by atoms with Crippen molar-refractivity contribution < 1.29 is 8.42 Å². The van der Waals surface area contributed by atoms with Crippen LogP contribution in [0, 0.1) is 20.8 Å². The average molecular weight is 269 g/mol. The van der Waals surface area contributed by atoms with Gasteiger partial charge in [0.2, 0.25) is 0 Å². The molecule has 102 valence electrons. The summed E-state index contributed by atoms with van der Waals surface area (Å²) in [5.41, 5.74) is 4.62. The summed E-state index contributed by atoms with van der Waals surface area (Å²) in [6.07, 6.45) is 0. The highest BCUT2D eigenvalue weighted by atomic mass is 32.2. The lowest BCUT2D eigenvalue weighted by Gasteiger charge is -2.21. The molecule has 1 atom stereocenters. The summed E-state index contributed by atoms with van der Waals surface area (Å²) in [6.45, 7) is 7.83. The fraction of sp³-hybridized carbons (Fsp3) is 0.571. The summed E-state index contributed by atoms with van der Waals surface area (Å²) in [5.74, 6) is 0.347. The van der Waals surface area contributed by atoms with Crippen LogP contribution < -0.4 is 5.32 Å². The highest BCUT2D eigenvalue weighted by molar-refractivity contribution is 7.91. The maximum atomic E-state index is 11.8. The van der Waals surface area contributed by atoms with Crippen molar-refractivity contribution in [2.75, 3.05) is 18.6 Å². The predicted molar refractivity (Wildman–Crippen MR) is 76.8 cm³/mol. The van der Waals surface area contributed by atoms with Gasteiger partial charge in [0.05, 0.1) is 5.75 Å². The number of hydrogen-bond acceptors (Lipinski definition) is 3. The topological polar surface area (TPSA) is 46.2 Å². The molecule has 1 N–H and O–H groups in total. The number of aryl methyl sites for hydroxylation is 3. The Morgan fingerprint density at radius 1 is 1.17 bits per heavy atom. The second-order valence-corrected chi connectivity index (χ2v) is 7.25. The van der Waals surface area contributed by atoms with Gasteiger partial charge in [0.15, 0.2) is 9.84 Å². The quantitative estimate of drug-likeness (QED) is 0.892. The molecule has 0 fully saturated rings. The monoisotopic (exact) mass is 269 g/mol. The molecule has 4 heteroatoms. The number of sulfone groups is 1. The molecule has 18 heavy (non-hydrogen) atoms. The van der Waals surface area contributed by atoms with Gasteiger partial charge in [-0.3, -0.25) is 0 Å². The maximum Gasteiger partial charge on any atom is 0.151 e. The van der Waals surface area contributed by atoms with E-state index in [1.54, 1.807) is 6.92 Å². The zero-order chi connectivity index (χ0) is 13.9. The van der Waals surface area contributed by atoms with E-state index < -0.39 is 9.84 Å². The summed E-state index contributed by atoms with van der Waals surface area (Å²) >= 11 is 0. The van der Waals surface area contributed by atoms with Gasteiger partial charge in [-0.15, -0.1) is 0 Å². The Balaban J connectivity index is 3.18. The smallest absolute Gasteiger partial charge is 0.151 e. The van der Waals surface area contributed by atoms with Crippen LogP contribution in [0.15, 0.2) is 12.1 Å². The minimum absolute atomic E-state index is 0.129. The van der Waals surface area contributed by atoms with Crippen LogP contribution in [-0.2, 0) is 9.84 Å². The van der Waals surface area contributed by atoms with Gasteiger partial charge in [-0.1, -0.05) is 24.6 Å². The maximum absolute atomic E-state index is 11.8. The fourth-order valence-corrected chi connectivity index (χ4v) is 3.50. The van der Waals surface area contributed by atoms with Crippen LogP contribution in [0.1, 0.15) is 35.2 Å². The van der Waals surface area contributed by atoms with Crippen LogP contribution in [-0.4, -0.2) is 27.0 Å². The summed E-state index contributed by atoms with van der Waals surface area (Å²) in [7, 11) is -1.17. The second-order valence-electron chi connectivity index (χ2n) is 4.85. The molecule has 1 aromatic rings. The third kappa shape index (κ3) is 3.56. The van der Waals surface area contributed by atoms with Gasteiger partial charge < -0.3 is 5.32 Å². The van der Waals surface area contributed by atoms with E-state index in [0.29, 0.717) is 0 Å². The van der Waals surface area contributed by atoms with Gasteiger partial charge in [-0.25, -0.2) is 8.42 Å². The summed E-state index contributed by atoms with van der Waals surface area (Å²) < 4.78 is 23.6. The first-order chi connectivity index (χ1) is 8.30. The molecule has 0 aliphatic carbocycles. The molecule has 0 amide bonds. The van der Waals surface area contributed by atoms with Crippen molar-refractivity contribution in [1.82, 2.24) is 5.32 Å². The van der Waals surface area contributed by atoms with Crippen LogP contribution in [0.3, 0.4) is 0 Å². The van der Waals surface area contributed by atoms with Crippen molar-refractivity contribution in [3.63, 3.8) is 0 Å². The molecule has 3 nitrogen and oxygen atoms in total. The normalized spacial score (nSPS) is 13.6. The summed E-state index contributed by atoms with van der Waals surface area (Å²) in [6, 6.07) is 4.08. The largest absolute Gasteiger partial charge is 0.312 e. The summed E-state index contributed by atoms with van der Waals surface area (Å²) in [5, 5.41) is 3.13. The van der Waals surface area contributed by atoms with E-state index in [9.17, 15) is 8.42 Å². The van der Waals surface area contributed by atoms with Gasteiger partial charge in [0.1, 0.15) is 0 Å². The lowest BCUT2D eigenvalue weighted by atomic mass is 9.95. The third-order valence-electron chi connectivity index (χ3n) is 3.30. The number of nitrogens with one attached hydrogen (secondary N) is 1. The van der Waals surface area contributed by atoms with Gasteiger partial charge in [-0.05, 0) is 44.5 Å². The highest BCUT2D eigenvalue weighted by Gasteiger charge is 2.21. The van der Waals surface area contributed by atoms with Gasteiger partial charge in [0.25, 0.3) is 0 Å². The zero-order valence-electron chi connectivity index (χ0n) is 11.9. The average Bonchev–Trinajstić information content (AvgIpc) is 2.26. The third-order valence-corrected chi connectivity index (χ3v) is 5.02. The first kappa shape index (κ1) is 15.2. The lowest BCUT2D eigenvalue weighted by molar-refractivity contribution is 0.573. The minimum Gasteiger partial charge on any atom is -0.312 e. The second kappa shape index (κ2) is 5.85. The Morgan fingerprint density at radius 2 is 1.67 bits per heavy atom. The fourth-order valence-electron chi connectivity index (χ4n) is 2.42. The van der Waals surface area contributed by atoms with Gasteiger partial charge in [0, 0.05) is 11.8 Å². The first-order valence-electron chi connectivity index (χ1n) is 6.26. The molecule has 0 radical (unpaired) electrons. The first-order valence-corrected chi connectivity index (χ1v) is 8.08. The minimum atomic E-state index is -2.99. The molecular weight excluding hydrogens is 246 g/mol. The molecule has 0 heterocycles. The molecule has 1 rings (SSSR count). The predicted octanol–water partition coefficient (Wildman–Crippen LogP) is 2.31. The van der Waals surface area contributed by atoms with Crippen molar-refractivity contribution >= 4 is 9.84 Å². The molecule has 1 aromatic carbocycles. The van der Waals surface area contributed by atoms with E-state index in [-0.39, 0.29) is 17.5 Å². The molecule has 0 aromatic heterocycles. The Bertz CT molecular complexity index is 498. The van der Waals surface area contributed by atoms with Crippen molar-refractivity contribution in [1.29, 1.82) is 0 Å². The molecule has 0 saturated carbocycles. The van der Waals surface area contributed by atoms with Crippen LogP contribution in [0.25, 0.3) is 0 Å². The molecule has 0 aliphatic heterocycles. The van der Waals surface area contributed by atoms with E-state index >= 15 is 0 Å². The van der Waals surface area contributed by atoms with E-state index in [2.05, 4.69) is 24.4 Å². The molecule has 0 spiro atoms. The Hall–Kier alpha value is -0.870. The highest BCUT2D eigenvalue weighted by Crippen LogP contribution is 2.24. The van der Waals surface area contributed by atoms with Crippen molar-refractivity contribution in [2.45, 2.75) is 33.7 Å². The van der Waals surface area contributed by atoms with E-state index in [1.165, 1.54) is 5.56 Å². The van der Waals surface area contributed by atoms with Crippen molar-refractivity contribution in [3.05, 3.63) is 34.4 Å². The molecule has 0 aliphatic rings. The molecule has 0 bridgehead atoms. The SMILES string of the molecule is CCS(=O)(=O)CC(NC)c1c(C)cc(C)cc1C. The van der Waals surface area contributed by atoms with E-state index in [4.69, 9.17) is 0 Å². The Labute approximate surface area is 111 Å². The Kier molecular flexibility index (Phi) is 4.93. The van der Waals surface area contributed by atoms with Crippen LogP contribution >= 0.6 is 0 Å². The lowest BCUT2D eigenvalue weighted by Crippen LogP contribution is -2.27. The molecule has 0 saturated heterocycles. The van der Waals surface area contributed by atoms with E-state index in [1.807, 2.05) is 20.9 Å². The van der Waals surface area contributed by atoms with Gasteiger partial charge >= 0.3 is 0 Å². The number of benzene rings is 1. The van der Waals surface area contributed by atoms with Gasteiger partial charge in [-0.2, -0.15) is 0 Å². The van der Waals surface area contributed by atoms with Crippen LogP contribution in [0.5, 0.6) is 0 Å². The van der Waals surface area contributed by atoms with Crippen molar-refractivity contribution in [3.8, 4) is 0 Å². The van der Waals surface area contributed by atoms with Crippen LogP contribution in [0.4, 0.5) is 0 Å². The van der Waals surface area contributed by atoms with Crippen molar-refractivity contribution in [2.24, 2.45) is 0 Å². The van der Waals surface area contributed by atoms with Crippen LogP contribution in [0.2, 0.25) is 0 Å². The molecular formula is C14H23NO2S. The summed E-state index contributed by atoms with van der Waals surface area (Å²) in [4.78, 5) is 0.